The van der Waals surface area contributed by atoms with Gasteiger partial charge in [0.2, 0.25) is 0 Å². The first kappa shape index (κ1) is 12.1. The Balaban J connectivity index is 2.06. The van der Waals surface area contributed by atoms with E-state index in [1.165, 1.54) is 35.6 Å². The number of rotatable bonds is 4. The first-order valence-electron chi connectivity index (χ1n) is 6.29. The molecule has 2 nitrogen and oxygen atoms in total. The van der Waals surface area contributed by atoms with Crippen LogP contribution in [0.25, 0.3) is 0 Å². The number of aromatic nitrogens is 1. The molecule has 0 bridgehead atoms. The molecule has 90 valence electrons. The highest BCUT2D eigenvalue weighted by Gasteiger charge is 2.37. The highest BCUT2D eigenvalue weighted by Crippen LogP contribution is 2.45. The minimum Gasteiger partial charge on any atom is -0.330 e. The summed E-state index contributed by atoms with van der Waals surface area (Å²) in [6, 6.07) is 0. The van der Waals surface area contributed by atoms with Crippen molar-refractivity contribution >= 4 is 11.3 Å². The number of nitrogens with zero attached hydrogens (tertiary/aromatic N) is 1. The van der Waals surface area contributed by atoms with Crippen molar-refractivity contribution in [2.45, 2.75) is 46.0 Å². The van der Waals surface area contributed by atoms with Crippen LogP contribution < -0.4 is 5.73 Å². The summed E-state index contributed by atoms with van der Waals surface area (Å²) in [6.45, 7) is 5.21. The van der Waals surface area contributed by atoms with Gasteiger partial charge in [-0.15, -0.1) is 11.3 Å². The third-order valence-electron chi connectivity index (χ3n) is 4.03. The Labute approximate surface area is 102 Å². The highest BCUT2D eigenvalue weighted by atomic mass is 32.1. The Bertz CT molecular complexity index is 347. The number of thiazole rings is 1. The lowest BCUT2D eigenvalue weighted by molar-refractivity contribution is 0.292. The Morgan fingerprint density at radius 3 is 2.94 bits per heavy atom. The molecule has 0 saturated heterocycles. The Morgan fingerprint density at radius 1 is 1.62 bits per heavy atom. The van der Waals surface area contributed by atoms with E-state index in [4.69, 9.17) is 5.73 Å². The van der Waals surface area contributed by atoms with E-state index in [1.54, 1.807) is 0 Å². The summed E-state index contributed by atoms with van der Waals surface area (Å²) in [7, 11) is 0. The first-order chi connectivity index (χ1) is 7.67. The van der Waals surface area contributed by atoms with E-state index >= 15 is 0 Å². The number of nitrogens with two attached hydrogens (primary N) is 1. The van der Waals surface area contributed by atoms with Gasteiger partial charge in [0, 0.05) is 11.1 Å². The molecule has 2 atom stereocenters. The van der Waals surface area contributed by atoms with Gasteiger partial charge in [-0.1, -0.05) is 13.3 Å². The summed E-state index contributed by atoms with van der Waals surface area (Å²) in [6.07, 6.45) is 8.48. The van der Waals surface area contributed by atoms with Crippen molar-refractivity contribution in [2.24, 2.45) is 17.1 Å². The fourth-order valence-electron chi connectivity index (χ4n) is 2.95. The zero-order valence-corrected chi connectivity index (χ0v) is 11.1. The first-order valence-corrected chi connectivity index (χ1v) is 7.10. The molecule has 2 rings (SSSR count). The quantitative estimate of drug-likeness (QED) is 0.875. The lowest BCUT2D eigenvalue weighted by Gasteiger charge is -2.27. The lowest BCUT2D eigenvalue weighted by atomic mass is 9.81. The van der Waals surface area contributed by atoms with E-state index in [1.807, 2.05) is 17.5 Å². The van der Waals surface area contributed by atoms with Gasteiger partial charge in [-0.3, -0.25) is 0 Å². The molecule has 3 heteroatoms. The predicted octanol–water partition coefficient (Wildman–Crippen LogP) is 3.15. The molecule has 16 heavy (non-hydrogen) atoms. The minimum absolute atomic E-state index is 0.375. The van der Waals surface area contributed by atoms with E-state index in [0.717, 1.165) is 18.9 Å². The molecule has 0 aromatic carbocycles. The van der Waals surface area contributed by atoms with Gasteiger partial charge in [0.1, 0.15) is 0 Å². The van der Waals surface area contributed by atoms with Gasteiger partial charge in [-0.25, -0.2) is 4.98 Å². The second-order valence-electron chi connectivity index (χ2n) is 5.24. The predicted molar refractivity (Wildman–Crippen MR) is 69.7 cm³/mol. The Kier molecular flexibility index (Phi) is 3.65. The smallest absolute Gasteiger partial charge is 0.0896 e. The number of hydrogen-bond donors (Lipinski definition) is 1. The third-order valence-corrected chi connectivity index (χ3v) is 4.95. The zero-order chi connectivity index (χ0) is 11.6. The van der Waals surface area contributed by atoms with Crippen molar-refractivity contribution < 1.29 is 0 Å². The molecule has 1 fully saturated rings. The largest absolute Gasteiger partial charge is 0.330 e. The highest BCUT2D eigenvalue weighted by molar-refractivity contribution is 7.11. The average molecular weight is 238 g/mol. The molecule has 0 spiro atoms. The maximum absolute atomic E-state index is 6.02. The van der Waals surface area contributed by atoms with Gasteiger partial charge < -0.3 is 5.73 Å². The molecule has 0 aliphatic heterocycles. The van der Waals surface area contributed by atoms with E-state index < -0.39 is 0 Å². The molecule has 1 saturated carbocycles. The molecule has 2 N–H and O–H groups in total. The molecular formula is C13H22N2S. The molecule has 1 aromatic heterocycles. The summed E-state index contributed by atoms with van der Waals surface area (Å²) in [4.78, 5) is 5.76. The molecule has 1 aliphatic rings. The van der Waals surface area contributed by atoms with E-state index in [9.17, 15) is 0 Å². The van der Waals surface area contributed by atoms with Crippen LogP contribution in [0.2, 0.25) is 0 Å². The van der Waals surface area contributed by atoms with Crippen molar-refractivity contribution in [3.05, 3.63) is 16.1 Å². The summed E-state index contributed by atoms with van der Waals surface area (Å²) in [5.41, 5.74) is 6.40. The second-order valence-corrected chi connectivity index (χ2v) is 6.56. The Hall–Kier alpha value is -0.410. The molecule has 0 amide bonds. The molecule has 1 aromatic rings. The van der Waals surface area contributed by atoms with Crippen LogP contribution in [0.3, 0.4) is 0 Å². The topological polar surface area (TPSA) is 38.9 Å². The maximum Gasteiger partial charge on any atom is 0.0896 e. The normalized spacial score (nSPS) is 29.8. The second kappa shape index (κ2) is 4.84. The van der Waals surface area contributed by atoms with Gasteiger partial charge in [0.05, 0.1) is 5.01 Å². The van der Waals surface area contributed by atoms with Crippen LogP contribution in [-0.2, 0) is 6.42 Å². The third kappa shape index (κ3) is 2.46. The molecule has 1 heterocycles. The van der Waals surface area contributed by atoms with Gasteiger partial charge in [-0.2, -0.15) is 0 Å². The van der Waals surface area contributed by atoms with Crippen LogP contribution in [-0.4, -0.2) is 11.5 Å². The van der Waals surface area contributed by atoms with Crippen LogP contribution in [0.1, 0.15) is 42.5 Å². The van der Waals surface area contributed by atoms with Crippen molar-refractivity contribution in [3.63, 3.8) is 0 Å². The van der Waals surface area contributed by atoms with Gasteiger partial charge in [0.15, 0.2) is 0 Å². The van der Waals surface area contributed by atoms with Crippen LogP contribution in [0.4, 0.5) is 0 Å². The average Bonchev–Trinajstić information content (AvgIpc) is 2.87. The number of hydrogen-bond acceptors (Lipinski definition) is 3. The summed E-state index contributed by atoms with van der Waals surface area (Å²) in [5, 5.41) is 1.17. The maximum atomic E-state index is 6.02. The zero-order valence-electron chi connectivity index (χ0n) is 10.3. The monoisotopic (exact) mass is 238 g/mol. The van der Waals surface area contributed by atoms with E-state index in [2.05, 4.69) is 18.8 Å². The lowest BCUT2D eigenvalue weighted by Crippen LogP contribution is -2.30. The summed E-state index contributed by atoms with van der Waals surface area (Å²) < 4.78 is 0. The molecule has 2 unspecified atom stereocenters. The van der Waals surface area contributed by atoms with Gasteiger partial charge in [0.25, 0.3) is 0 Å². The molecular weight excluding hydrogens is 216 g/mol. The fourth-order valence-corrected chi connectivity index (χ4v) is 3.92. The summed E-state index contributed by atoms with van der Waals surface area (Å²) >= 11 is 1.83. The van der Waals surface area contributed by atoms with Crippen molar-refractivity contribution in [2.75, 3.05) is 6.54 Å². The number of aryl methyl sites for hydroxylation is 1. The molecule has 0 radical (unpaired) electrons. The standard InChI is InChI=1S/C13H22N2S/c1-3-11-4-5-13(6-11,9-14)7-12-8-15-10(2)16-12/h8,11H,3-7,9,14H2,1-2H3. The van der Waals surface area contributed by atoms with Gasteiger partial charge >= 0.3 is 0 Å². The minimum atomic E-state index is 0.375. The van der Waals surface area contributed by atoms with Crippen molar-refractivity contribution in [3.8, 4) is 0 Å². The van der Waals surface area contributed by atoms with Crippen LogP contribution in [0.5, 0.6) is 0 Å². The fraction of sp³-hybridized carbons (Fsp3) is 0.769. The van der Waals surface area contributed by atoms with Crippen LogP contribution in [0, 0.1) is 18.3 Å². The summed E-state index contributed by atoms with van der Waals surface area (Å²) in [5.74, 6) is 0.901. The van der Waals surface area contributed by atoms with E-state index in [0.29, 0.717) is 5.41 Å². The molecule has 1 aliphatic carbocycles. The Morgan fingerprint density at radius 2 is 2.44 bits per heavy atom. The van der Waals surface area contributed by atoms with Gasteiger partial charge in [-0.05, 0) is 50.5 Å². The van der Waals surface area contributed by atoms with Crippen molar-refractivity contribution in [1.29, 1.82) is 0 Å². The van der Waals surface area contributed by atoms with Crippen LogP contribution in [0.15, 0.2) is 6.20 Å². The van der Waals surface area contributed by atoms with Crippen LogP contribution >= 0.6 is 11.3 Å². The van der Waals surface area contributed by atoms with E-state index in [-0.39, 0.29) is 0 Å². The van der Waals surface area contributed by atoms with Crippen molar-refractivity contribution in [1.82, 2.24) is 4.98 Å². The SMILES string of the molecule is CCC1CCC(CN)(Cc2cnc(C)s2)C1.